The van der Waals surface area contributed by atoms with Gasteiger partial charge in [-0.1, -0.05) is 25.6 Å². The molecule has 2 rings (SSSR count). The molecule has 0 aliphatic rings. The molecule has 2 heteroatoms. The van der Waals surface area contributed by atoms with Crippen molar-refractivity contribution in [2.45, 2.75) is 13.3 Å². The van der Waals surface area contributed by atoms with Crippen molar-refractivity contribution in [1.29, 1.82) is 0 Å². The van der Waals surface area contributed by atoms with Crippen LogP contribution in [-0.2, 0) is 6.42 Å². The van der Waals surface area contributed by atoms with Gasteiger partial charge in [0.05, 0.1) is 0 Å². The molecule has 0 fully saturated rings. The van der Waals surface area contributed by atoms with Crippen molar-refractivity contribution in [2.24, 2.45) is 0 Å². The summed E-state index contributed by atoms with van der Waals surface area (Å²) < 4.78 is 13.6. The maximum Gasteiger partial charge on any atom is 0.131 e. The molecule has 1 nitrogen and oxygen atoms in total. The number of aryl methyl sites for hydroxylation is 1. The number of hydrogen-bond acceptors (Lipinski definition) is 1. The maximum atomic E-state index is 13.6. The first-order valence-corrected chi connectivity index (χ1v) is 5.24. The monoisotopic (exact) mass is 216 g/mol. The normalized spacial score (nSPS) is 10.6. The quantitative estimate of drug-likeness (QED) is 0.807. The number of hydrogen-bond donors (Lipinski definition) is 1. The van der Waals surface area contributed by atoms with Crippen LogP contribution in [0.4, 0.5) is 4.39 Å². The Morgan fingerprint density at radius 3 is 2.75 bits per heavy atom. The third kappa shape index (κ3) is 1.56. The minimum atomic E-state index is -0.275. The highest BCUT2D eigenvalue weighted by Crippen LogP contribution is 2.30. The van der Waals surface area contributed by atoms with Crippen LogP contribution in [0.2, 0.25) is 0 Å². The van der Waals surface area contributed by atoms with Crippen LogP contribution in [0.1, 0.15) is 18.1 Å². The number of benzene rings is 2. The molecule has 0 unspecified atom stereocenters. The second kappa shape index (κ2) is 3.97. The summed E-state index contributed by atoms with van der Waals surface area (Å²) in [6.45, 7) is 5.62. The SMILES string of the molecule is C=Cc1c(F)ccc2cc(O)cc(CC)c12. The van der Waals surface area contributed by atoms with Crippen LogP contribution >= 0.6 is 0 Å². The predicted molar refractivity (Wildman–Crippen MR) is 65.0 cm³/mol. The Morgan fingerprint density at radius 1 is 1.38 bits per heavy atom. The summed E-state index contributed by atoms with van der Waals surface area (Å²) >= 11 is 0. The van der Waals surface area contributed by atoms with Gasteiger partial charge >= 0.3 is 0 Å². The standard InChI is InChI=1S/C14H13FO/c1-3-9-7-11(16)8-10-5-6-13(15)12(4-2)14(9)10/h4-8,16H,2-3H2,1H3. The zero-order valence-corrected chi connectivity index (χ0v) is 9.13. The van der Waals surface area contributed by atoms with E-state index in [1.54, 1.807) is 18.2 Å². The molecule has 2 aromatic rings. The lowest BCUT2D eigenvalue weighted by molar-refractivity contribution is 0.475. The molecule has 0 radical (unpaired) electrons. The molecule has 0 amide bonds. The van der Waals surface area contributed by atoms with Gasteiger partial charge in [-0.2, -0.15) is 0 Å². The lowest BCUT2D eigenvalue weighted by atomic mass is 9.97. The van der Waals surface area contributed by atoms with Crippen LogP contribution in [-0.4, -0.2) is 5.11 Å². The first kappa shape index (κ1) is 10.7. The molecule has 16 heavy (non-hydrogen) atoms. The highest BCUT2D eigenvalue weighted by atomic mass is 19.1. The zero-order chi connectivity index (χ0) is 11.7. The number of fused-ring (bicyclic) bond motifs is 1. The fourth-order valence-electron chi connectivity index (χ4n) is 2.02. The van der Waals surface area contributed by atoms with Crippen molar-refractivity contribution in [2.75, 3.05) is 0 Å². The number of rotatable bonds is 2. The molecular weight excluding hydrogens is 203 g/mol. The van der Waals surface area contributed by atoms with Crippen LogP contribution in [0, 0.1) is 5.82 Å². The zero-order valence-electron chi connectivity index (χ0n) is 9.13. The van der Waals surface area contributed by atoms with Gasteiger partial charge in [-0.3, -0.25) is 0 Å². The van der Waals surface area contributed by atoms with Crippen molar-refractivity contribution in [3.63, 3.8) is 0 Å². The molecule has 0 aromatic heterocycles. The van der Waals surface area contributed by atoms with E-state index in [-0.39, 0.29) is 11.6 Å². The molecule has 0 aliphatic carbocycles. The largest absolute Gasteiger partial charge is 0.508 e. The Balaban J connectivity index is 2.95. The minimum Gasteiger partial charge on any atom is -0.508 e. The minimum absolute atomic E-state index is 0.214. The predicted octanol–water partition coefficient (Wildman–Crippen LogP) is 3.89. The van der Waals surface area contributed by atoms with Crippen molar-refractivity contribution < 1.29 is 9.50 Å². The molecule has 0 heterocycles. The summed E-state index contributed by atoms with van der Waals surface area (Å²) in [5.74, 6) is -0.0612. The van der Waals surface area contributed by atoms with E-state index < -0.39 is 0 Å². The highest BCUT2D eigenvalue weighted by Gasteiger charge is 2.09. The van der Waals surface area contributed by atoms with Crippen molar-refractivity contribution in [3.05, 3.63) is 47.8 Å². The number of phenolic OH excluding ortho intramolecular Hbond substituents is 1. The van der Waals surface area contributed by atoms with Gasteiger partial charge in [0.15, 0.2) is 0 Å². The Morgan fingerprint density at radius 2 is 2.12 bits per heavy atom. The Labute approximate surface area is 93.8 Å². The molecule has 0 saturated carbocycles. The van der Waals surface area contributed by atoms with Crippen LogP contribution in [0.5, 0.6) is 5.75 Å². The first-order valence-electron chi connectivity index (χ1n) is 5.24. The van der Waals surface area contributed by atoms with Crippen LogP contribution in [0.3, 0.4) is 0 Å². The lowest BCUT2D eigenvalue weighted by Gasteiger charge is -2.09. The summed E-state index contributed by atoms with van der Waals surface area (Å²) in [6, 6.07) is 6.39. The Bertz CT molecular complexity index is 558. The smallest absolute Gasteiger partial charge is 0.131 e. The van der Waals surface area contributed by atoms with Crippen LogP contribution < -0.4 is 0 Å². The van der Waals surface area contributed by atoms with Crippen molar-refractivity contribution in [1.82, 2.24) is 0 Å². The van der Waals surface area contributed by atoms with Crippen LogP contribution in [0.15, 0.2) is 30.8 Å². The third-order valence-electron chi connectivity index (χ3n) is 2.76. The number of halogens is 1. The Hall–Kier alpha value is -1.83. The fraction of sp³-hybridized carbons (Fsp3) is 0.143. The maximum absolute atomic E-state index is 13.6. The molecule has 0 aliphatic heterocycles. The van der Waals surface area contributed by atoms with Crippen molar-refractivity contribution in [3.8, 4) is 5.75 Å². The molecular formula is C14H13FO. The van der Waals surface area contributed by atoms with Gasteiger partial charge in [0.1, 0.15) is 11.6 Å². The van der Waals surface area contributed by atoms with E-state index in [4.69, 9.17) is 0 Å². The van der Waals surface area contributed by atoms with Gasteiger partial charge in [0.2, 0.25) is 0 Å². The first-order chi connectivity index (χ1) is 7.67. The van der Waals surface area contributed by atoms with E-state index in [2.05, 4.69) is 6.58 Å². The fourth-order valence-corrected chi connectivity index (χ4v) is 2.02. The van der Waals surface area contributed by atoms with Gasteiger partial charge in [-0.15, -0.1) is 0 Å². The second-order valence-electron chi connectivity index (χ2n) is 3.72. The number of phenols is 1. The third-order valence-corrected chi connectivity index (χ3v) is 2.76. The summed E-state index contributed by atoms with van der Waals surface area (Å²) in [6.07, 6.45) is 2.27. The van der Waals surface area contributed by atoms with E-state index in [0.717, 1.165) is 22.8 Å². The van der Waals surface area contributed by atoms with Crippen LogP contribution in [0.25, 0.3) is 16.8 Å². The molecule has 0 atom stereocenters. The molecule has 0 spiro atoms. The summed E-state index contributed by atoms with van der Waals surface area (Å²) in [5.41, 5.74) is 1.44. The summed E-state index contributed by atoms with van der Waals surface area (Å²) in [4.78, 5) is 0. The average Bonchev–Trinajstić information content (AvgIpc) is 2.28. The van der Waals surface area contributed by atoms with E-state index in [9.17, 15) is 9.50 Å². The topological polar surface area (TPSA) is 20.2 Å². The lowest BCUT2D eigenvalue weighted by Crippen LogP contribution is -1.90. The van der Waals surface area contributed by atoms with Gasteiger partial charge in [-0.05, 0) is 41.0 Å². The van der Waals surface area contributed by atoms with Gasteiger partial charge in [-0.25, -0.2) is 4.39 Å². The van der Waals surface area contributed by atoms with E-state index in [0.29, 0.717) is 5.56 Å². The van der Waals surface area contributed by atoms with E-state index in [1.807, 2.05) is 6.92 Å². The molecule has 2 aromatic carbocycles. The average molecular weight is 216 g/mol. The molecule has 1 N–H and O–H groups in total. The molecule has 0 bridgehead atoms. The summed E-state index contributed by atoms with van der Waals surface area (Å²) in [5, 5.41) is 11.2. The molecule has 82 valence electrons. The van der Waals surface area contributed by atoms with Crippen molar-refractivity contribution >= 4 is 16.8 Å². The highest BCUT2D eigenvalue weighted by molar-refractivity contribution is 5.94. The summed E-state index contributed by atoms with van der Waals surface area (Å²) in [7, 11) is 0. The van der Waals surface area contributed by atoms with Gasteiger partial charge in [0, 0.05) is 5.56 Å². The van der Waals surface area contributed by atoms with Gasteiger partial charge < -0.3 is 5.11 Å². The second-order valence-corrected chi connectivity index (χ2v) is 3.72. The number of aromatic hydroxyl groups is 1. The Kier molecular flexibility index (Phi) is 2.65. The van der Waals surface area contributed by atoms with E-state index in [1.165, 1.54) is 12.1 Å². The van der Waals surface area contributed by atoms with Gasteiger partial charge in [0.25, 0.3) is 0 Å². The van der Waals surface area contributed by atoms with E-state index >= 15 is 0 Å². The molecule has 0 saturated heterocycles.